The zero-order chi connectivity index (χ0) is 15.3. The summed E-state index contributed by atoms with van der Waals surface area (Å²) < 4.78 is 10.3. The Bertz CT molecular complexity index is 619. The Morgan fingerprint density at radius 2 is 2.14 bits per heavy atom. The minimum atomic E-state index is -0.590. The molecule has 3 fully saturated rings. The first-order chi connectivity index (χ1) is 10.6. The summed E-state index contributed by atoms with van der Waals surface area (Å²) in [6, 6.07) is 8.37. The molecule has 3 aliphatic rings. The van der Waals surface area contributed by atoms with Crippen LogP contribution in [0.25, 0.3) is 0 Å². The number of fused-ring (bicyclic) bond motifs is 1. The third-order valence-corrected chi connectivity index (χ3v) is 6.08. The van der Waals surface area contributed by atoms with Gasteiger partial charge >= 0.3 is 5.97 Å². The normalized spacial score (nSPS) is 31.4. The largest absolute Gasteiger partial charge is 0.459 e. The van der Waals surface area contributed by atoms with Gasteiger partial charge in [-0.1, -0.05) is 30.3 Å². The topological polar surface area (TPSA) is 81.9 Å². The fourth-order valence-corrected chi connectivity index (χ4v) is 4.86. The van der Waals surface area contributed by atoms with E-state index in [0.717, 1.165) is 5.56 Å². The maximum atomic E-state index is 12.5. The molecule has 3 unspecified atom stereocenters. The van der Waals surface area contributed by atoms with Crippen LogP contribution in [0.3, 0.4) is 0 Å². The number of benzene rings is 1. The number of esters is 1. The summed E-state index contributed by atoms with van der Waals surface area (Å²) in [7, 11) is 0. The summed E-state index contributed by atoms with van der Waals surface area (Å²) in [5.41, 5.74) is 6.75. The van der Waals surface area contributed by atoms with Crippen LogP contribution in [0.4, 0.5) is 0 Å². The van der Waals surface area contributed by atoms with Gasteiger partial charge in [0.05, 0.1) is 18.0 Å². The van der Waals surface area contributed by atoms with E-state index < -0.39 is 12.1 Å². The molecular formula is C15H16N2O4S. The predicted octanol–water partition coefficient (Wildman–Crippen LogP) is 0.110. The lowest BCUT2D eigenvalue weighted by molar-refractivity contribution is -0.169. The number of thioether (sulfide) groups is 1. The number of carbonyl (C=O) groups is 2. The monoisotopic (exact) mass is 320 g/mol. The lowest BCUT2D eigenvalue weighted by Gasteiger charge is -2.43. The Labute approximate surface area is 131 Å². The van der Waals surface area contributed by atoms with E-state index in [-0.39, 0.29) is 28.6 Å². The van der Waals surface area contributed by atoms with Crippen LogP contribution in [0.5, 0.6) is 0 Å². The molecule has 22 heavy (non-hydrogen) atoms. The van der Waals surface area contributed by atoms with Gasteiger partial charge in [-0.2, -0.15) is 0 Å². The minimum Gasteiger partial charge on any atom is -0.459 e. The molecule has 6 nitrogen and oxygen atoms in total. The van der Waals surface area contributed by atoms with Crippen LogP contribution in [-0.2, 0) is 25.7 Å². The molecule has 0 bridgehead atoms. The maximum absolute atomic E-state index is 12.5. The second kappa shape index (κ2) is 4.97. The van der Waals surface area contributed by atoms with Gasteiger partial charge in [-0.25, -0.2) is 4.79 Å². The average molecular weight is 320 g/mol. The van der Waals surface area contributed by atoms with E-state index in [1.165, 1.54) is 0 Å². The van der Waals surface area contributed by atoms with Gasteiger partial charge in [0.15, 0.2) is 0 Å². The molecule has 1 aromatic carbocycles. The number of nitrogens with two attached hydrogens (primary N) is 1. The molecule has 0 aromatic heterocycles. The SMILES string of the molecule is NC1C(=O)N2C1SC1(COC1)C2C(=O)OCc1ccccc1. The molecule has 1 amide bonds. The molecule has 0 aliphatic carbocycles. The van der Waals surface area contributed by atoms with Crippen LogP contribution in [0.2, 0.25) is 0 Å². The molecule has 1 spiro atoms. The average Bonchev–Trinajstić information content (AvgIpc) is 2.86. The van der Waals surface area contributed by atoms with E-state index in [9.17, 15) is 9.59 Å². The third-order valence-electron chi connectivity index (χ3n) is 4.39. The van der Waals surface area contributed by atoms with Gasteiger partial charge in [-0.3, -0.25) is 4.79 Å². The van der Waals surface area contributed by atoms with Gasteiger partial charge < -0.3 is 20.1 Å². The molecule has 0 radical (unpaired) electrons. The van der Waals surface area contributed by atoms with Crippen molar-refractivity contribution < 1.29 is 19.1 Å². The van der Waals surface area contributed by atoms with Gasteiger partial charge in [0.2, 0.25) is 5.91 Å². The zero-order valence-electron chi connectivity index (χ0n) is 11.8. The quantitative estimate of drug-likeness (QED) is 0.629. The van der Waals surface area contributed by atoms with Gasteiger partial charge in [0.1, 0.15) is 24.1 Å². The summed E-state index contributed by atoms with van der Waals surface area (Å²) in [4.78, 5) is 26.1. The third kappa shape index (κ3) is 1.89. The van der Waals surface area contributed by atoms with Crippen molar-refractivity contribution >= 4 is 23.6 Å². The van der Waals surface area contributed by atoms with Crippen LogP contribution in [0.1, 0.15) is 5.56 Å². The summed E-state index contributed by atoms with van der Waals surface area (Å²) in [6.07, 6.45) is 0. The summed E-state index contributed by atoms with van der Waals surface area (Å²) in [6.45, 7) is 1.11. The van der Waals surface area contributed by atoms with Crippen molar-refractivity contribution in [2.45, 2.75) is 28.8 Å². The van der Waals surface area contributed by atoms with Crippen LogP contribution in [0, 0.1) is 0 Å². The number of rotatable bonds is 3. The molecule has 3 heterocycles. The van der Waals surface area contributed by atoms with Crippen molar-refractivity contribution in [3.8, 4) is 0 Å². The smallest absolute Gasteiger partial charge is 0.330 e. The molecule has 3 aliphatic heterocycles. The Balaban J connectivity index is 1.50. The van der Waals surface area contributed by atoms with Crippen LogP contribution in [0.15, 0.2) is 30.3 Å². The molecule has 116 valence electrons. The van der Waals surface area contributed by atoms with Crippen molar-refractivity contribution in [2.24, 2.45) is 5.73 Å². The molecule has 0 saturated carbocycles. The van der Waals surface area contributed by atoms with Crippen LogP contribution < -0.4 is 5.73 Å². The Kier molecular flexibility index (Phi) is 3.18. The lowest BCUT2D eigenvalue weighted by Crippen LogP contribution is -2.70. The van der Waals surface area contributed by atoms with Crippen molar-refractivity contribution in [1.82, 2.24) is 4.90 Å². The number of carbonyl (C=O) groups excluding carboxylic acids is 2. The number of hydrogen-bond acceptors (Lipinski definition) is 6. The second-order valence-corrected chi connectivity index (χ2v) is 7.36. The minimum absolute atomic E-state index is 0.134. The van der Waals surface area contributed by atoms with Gasteiger partial charge in [-0.05, 0) is 5.56 Å². The first-order valence-electron chi connectivity index (χ1n) is 7.16. The summed E-state index contributed by atoms with van der Waals surface area (Å²) in [5.74, 6) is -0.551. The number of ether oxygens (including phenoxy) is 2. The van der Waals surface area contributed by atoms with Crippen molar-refractivity contribution in [3.63, 3.8) is 0 Å². The van der Waals surface area contributed by atoms with E-state index in [4.69, 9.17) is 15.2 Å². The molecule has 1 aromatic rings. The highest BCUT2D eigenvalue weighted by Gasteiger charge is 2.68. The Morgan fingerprint density at radius 1 is 1.41 bits per heavy atom. The van der Waals surface area contributed by atoms with Crippen LogP contribution >= 0.6 is 11.8 Å². The summed E-state index contributed by atoms with van der Waals surface area (Å²) >= 11 is 1.57. The number of hydrogen-bond donors (Lipinski definition) is 1. The van der Waals surface area contributed by atoms with Gasteiger partial charge in [0, 0.05) is 0 Å². The summed E-state index contributed by atoms with van der Waals surface area (Å²) in [5, 5.41) is -0.134. The zero-order valence-corrected chi connectivity index (χ0v) is 12.6. The highest BCUT2D eigenvalue weighted by atomic mass is 32.2. The Morgan fingerprint density at radius 3 is 2.77 bits per heavy atom. The fourth-order valence-electron chi connectivity index (χ4n) is 3.14. The maximum Gasteiger partial charge on any atom is 0.330 e. The molecule has 7 heteroatoms. The molecule has 3 saturated heterocycles. The van der Waals surface area contributed by atoms with E-state index in [0.29, 0.717) is 13.2 Å². The second-order valence-electron chi connectivity index (χ2n) is 5.83. The Hall–Kier alpha value is -1.57. The highest BCUT2D eigenvalue weighted by Crippen LogP contribution is 2.54. The fraction of sp³-hybridized carbons (Fsp3) is 0.467. The molecule has 3 atom stereocenters. The first kappa shape index (κ1) is 14.0. The highest BCUT2D eigenvalue weighted by molar-refractivity contribution is 8.01. The van der Waals surface area contributed by atoms with Crippen molar-refractivity contribution in [1.29, 1.82) is 0 Å². The van der Waals surface area contributed by atoms with Gasteiger partial charge in [-0.15, -0.1) is 11.8 Å². The van der Waals surface area contributed by atoms with Crippen molar-refractivity contribution in [3.05, 3.63) is 35.9 Å². The van der Waals surface area contributed by atoms with Crippen molar-refractivity contribution in [2.75, 3.05) is 13.2 Å². The number of β-lactam (4-membered cyclic amide) rings is 1. The van der Waals surface area contributed by atoms with E-state index in [1.807, 2.05) is 30.3 Å². The van der Waals surface area contributed by atoms with E-state index in [2.05, 4.69) is 0 Å². The van der Waals surface area contributed by atoms with E-state index in [1.54, 1.807) is 16.7 Å². The van der Waals surface area contributed by atoms with E-state index >= 15 is 0 Å². The molecule has 2 N–H and O–H groups in total. The first-order valence-corrected chi connectivity index (χ1v) is 8.04. The van der Waals surface area contributed by atoms with Gasteiger partial charge in [0.25, 0.3) is 0 Å². The predicted molar refractivity (Wildman–Crippen MR) is 79.8 cm³/mol. The lowest BCUT2D eigenvalue weighted by atomic mass is 9.92. The van der Waals surface area contributed by atoms with Crippen LogP contribution in [-0.4, -0.2) is 52.2 Å². The standard InChI is InChI=1S/C15H16N2O4S/c16-10-12(18)17-11(15(7-20-8-15)22-13(10)17)14(19)21-6-9-4-2-1-3-5-9/h1-5,10-11,13H,6-8,16H2. The number of amides is 1. The number of nitrogens with zero attached hydrogens (tertiary/aromatic N) is 1. The molecule has 4 rings (SSSR count). The molecular weight excluding hydrogens is 304 g/mol.